The van der Waals surface area contributed by atoms with E-state index in [2.05, 4.69) is 51.7 Å². The van der Waals surface area contributed by atoms with E-state index in [0.29, 0.717) is 12.0 Å². The number of anilines is 2. The van der Waals surface area contributed by atoms with Gasteiger partial charge in [-0.25, -0.2) is 0 Å². The standard InChI is InChI=1S/C14H24N2/c1-10(2)9-16(11(3)4)14-8-12(5)6-7-13(14)15/h6-8,10-11H,9,15H2,1-5H3. The van der Waals surface area contributed by atoms with Crippen molar-refractivity contribution in [3.05, 3.63) is 23.8 Å². The average Bonchev–Trinajstić information content (AvgIpc) is 2.18. The van der Waals surface area contributed by atoms with Gasteiger partial charge in [-0.3, -0.25) is 0 Å². The Morgan fingerprint density at radius 2 is 1.81 bits per heavy atom. The highest BCUT2D eigenvalue weighted by Gasteiger charge is 2.14. The Balaban J connectivity index is 3.05. The molecular weight excluding hydrogens is 196 g/mol. The summed E-state index contributed by atoms with van der Waals surface area (Å²) in [6, 6.07) is 6.72. The van der Waals surface area contributed by atoms with Gasteiger partial charge in [-0.1, -0.05) is 19.9 Å². The summed E-state index contributed by atoms with van der Waals surface area (Å²) >= 11 is 0. The maximum atomic E-state index is 6.06. The number of nitrogens with zero attached hydrogens (tertiary/aromatic N) is 1. The predicted octanol–water partition coefficient (Wildman–Crippen LogP) is 3.45. The summed E-state index contributed by atoms with van der Waals surface area (Å²) in [5.41, 5.74) is 9.37. The number of hydrogen-bond acceptors (Lipinski definition) is 2. The van der Waals surface area contributed by atoms with Gasteiger partial charge in [0.1, 0.15) is 0 Å². The van der Waals surface area contributed by atoms with E-state index in [1.165, 1.54) is 11.3 Å². The summed E-state index contributed by atoms with van der Waals surface area (Å²) < 4.78 is 0. The molecule has 0 amide bonds. The zero-order chi connectivity index (χ0) is 12.3. The van der Waals surface area contributed by atoms with Gasteiger partial charge in [0.25, 0.3) is 0 Å². The fourth-order valence-electron chi connectivity index (χ4n) is 1.88. The molecule has 2 nitrogen and oxygen atoms in total. The molecule has 0 radical (unpaired) electrons. The van der Waals surface area contributed by atoms with Crippen LogP contribution < -0.4 is 10.6 Å². The van der Waals surface area contributed by atoms with Crippen LogP contribution in [0.3, 0.4) is 0 Å². The van der Waals surface area contributed by atoms with Gasteiger partial charge in [-0.2, -0.15) is 0 Å². The molecule has 90 valence electrons. The van der Waals surface area contributed by atoms with E-state index in [1.807, 2.05) is 6.07 Å². The lowest BCUT2D eigenvalue weighted by molar-refractivity contribution is 0.571. The maximum Gasteiger partial charge on any atom is 0.0604 e. The van der Waals surface area contributed by atoms with Crippen LogP contribution in [0.1, 0.15) is 33.3 Å². The van der Waals surface area contributed by atoms with Crippen molar-refractivity contribution < 1.29 is 0 Å². The second-order valence-electron chi connectivity index (χ2n) is 5.20. The molecule has 0 fully saturated rings. The summed E-state index contributed by atoms with van der Waals surface area (Å²) in [6.07, 6.45) is 0. The molecule has 16 heavy (non-hydrogen) atoms. The highest BCUT2D eigenvalue weighted by molar-refractivity contribution is 5.68. The van der Waals surface area contributed by atoms with Gasteiger partial charge in [-0.05, 0) is 44.4 Å². The number of benzene rings is 1. The third kappa shape index (κ3) is 3.16. The van der Waals surface area contributed by atoms with Crippen molar-refractivity contribution in [1.29, 1.82) is 0 Å². The third-order valence-electron chi connectivity index (χ3n) is 2.68. The van der Waals surface area contributed by atoms with E-state index in [1.54, 1.807) is 0 Å². The van der Waals surface area contributed by atoms with Gasteiger partial charge in [0, 0.05) is 12.6 Å². The van der Waals surface area contributed by atoms with E-state index in [0.717, 1.165) is 12.2 Å². The number of nitrogens with two attached hydrogens (primary N) is 1. The SMILES string of the molecule is Cc1ccc(N)c(N(CC(C)C)C(C)C)c1. The van der Waals surface area contributed by atoms with E-state index in [9.17, 15) is 0 Å². The minimum Gasteiger partial charge on any atom is -0.397 e. The Morgan fingerprint density at radius 1 is 1.19 bits per heavy atom. The van der Waals surface area contributed by atoms with Gasteiger partial charge in [0.2, 0.25) is 0 Å². The first-order valence-electron chi connectivity index (χ1n) is 6.04. The Labute approximate surface area is 99.5 Å². The van der Waals surface area contributed by atoms with Gasteiger partial charge in [0.15, 0.2) is 0 Å². The first kappa shape index (κ1) is 12.9. The minimum atomic E-state index is 0.478. The third-order valence-corrected chi connectivity index (χ3v) is 2.68. The van der Waals surface area contributed by atoms with Crippen LogP contribution in [0.15, 0.2) is 18.2 Å². The molecule has 0 aliphatic carbocycles. The lowest BCUT2D eigenvalue weighted by Crippen LogP contribution is -2.34. The number of hydrogen-bond donors (Lipinski definition) is 1. The van der Waals surface area contributed by atoms with Crippen molar-refractivity contribution in [3.8, 4) is 0 Å². The van der Waals surface area contributed by atoms with E-state index in [4.69, 9.17) is 5.73 Å². The summed E-state index contributed by atoms with van der Waals surface area (Å²) in [5.74, 6) is 0.641. The molecule has 0 aliphatic rings. The van der Waals surface area contributed by atoms with Crippen LogP contribution in [0.2, 0.25) is 0 Å². The lowest BCUT2D eigenvalue weighted by atomic mass is 10.1. The molecule has 0 aliphatic heterocycles. The van der Waals surface area contributed by atoms with E-state index < -0.39 is 0 Å². The van der Waals surface area contributed by atoms with Gasteiger partial charge in [0.05, 0.1) is 11.4 Å². The molecule has 0 spiro atoms. The van der Waals surface area contributed by atoms with Gasteiger partial charge < -0.3 is 10.6 Å². The van der Waals surface area contributed by atoms with Crippen molar-refractivity contribution in [2.24, 2.45) is 5.92 Å². The van der Waals surface area contributed by atoms with Crippen molar-refractivity contribution in [1.82, 2.24) is 0 Å². The summed E-state index contributed by atoms with van der Waals surface area (Å²) in [7, 11) is 0. The van der Waals surface area contributed by atoms with Crippen LogP contribution in [-0.4, -0.2) is 12.6 Å². The smallest absolute Gasteiger partial charge is 0.0604 e. The molecular formula is C14H24N2. The summed E-state index contributed by atoms with van der Waals surface area (Å²) in [6.45, 7) is 12.1. The molecule has 2 heteroatoms. The molecule has 0 heterocycles. The highest BCUT2D eigenvalue weighted by Crippen LogP contribution is 2.26. The molecule has 0 bridgehead atoms. The average molecular weight is 220 g/mol. The second kappa shape index (κ2) is 5.24. The Kier molecular flexibility index (Phi) is 4.22. The number of aryl methyl sites for hydroxylation is 1. The molecule has 0 aromatic heterocycles. The van der Waals surface area contributed by atoms with E-state index >= 15 is 0 Å². The largest absolute Gasteiger partial charge is 0.397 e. The van der Waals surface area contributed by atoms with Crippen molar-refractivity contribution in [3.63, 3.8) is 0 Å². The Bertz CT molecular complexity index is 343. The molecule has 0 saturated heterocycles. The monoisotopic (exact) mass is 220 g/mol. The van der Waals surface area contributed by atoms with Gasteiger partial charge >= 0.3 is 0 Å². The van der Waals surface area contributed by atoms with Crippen LogP contribution >= 0.6 is 0 Å². The van der Waals surface area contributed by atoms with E-state index in [-0.39, 0.29) is 0 Å². The zero-order valence-corrected chi connectivity index (χ0v) is 11.1. The lowest BCUT2D eigenvalue weighted by Gasteiger charge is -2.32. The molecule has 2 N–H and O–H groups in total. The summed E-state index contributed by atoms with van der Waals surface area (Å²) in [4.78, 5) is 2.38. The van der Waals surface area contributed by atoms with Crippen LogP contribution in [0.25, 0.3) is 0 Å². The number of nitrogen functional groups attached to an aromatic ring is 1. The van der Waals surface area contributed by atoms with Crippen LogP contribution in [0.5, 0.6) is 0 Å². The summed E-state index contributed by atoms with van der Waals surface area (Å²) in [5, 5.41) is 0. The topological polar surface area (TPSA) is 29.3 Å². The zero-order valence-electron chi connectivity index (χ0n) is 11.1. The first-order valence-corrected chi connectivity index (χ1v) is 6.04. The van der Waals surface area contributed by atoms with Crippen LogP contribution in [-0.2, 0) is 0 Å². The fourth-order valence-corrected chi connectivity index (χ4v) is 1.88. The van der Waals surface area contributed by atoms with Crippen LogP contribution in [0.4, 0.5) is 11.4 Å². The molecule has 0 atom stereocenters. The molecule has 1 rings (SSSR count). The van der Waals surface area contributed by atoms with Crippen molar-refractivity contribution in [2.75, 3.05) is 17.2 Å². The second-order valence-corrected chi connectivity index (χ2v) is 5.20. The normalized spacial score (nSPS) is 11.2. The van der Waals surface area contributed by atoms with Crippen LogP contribution in [0, 0.1) is 12.8 Å². The molecule has 0 saturated carbocycles. The fraction of sp³-hybridized carbons (Fsp3) is 0.571. The highest BCUT2D eigenvalue weighted by atomic mass is 15.2. The van der Waals surface area contributed by atoms with Crippen molar-refractivity contribution in [2.45, 2.75) is 40.7 Å². The Hall–Kier alpha value is -1.18. The molecule has 0 unspecified atom stereocenters. The van der Waals surface area contributed by atoms with Gasteiger partial charge in [-0.15, -0.1) is 0 Å². The molecule has 1 aromatic rings. The van der Waals surface area contributed by atoms with Crippen molar-refractivity contribution >= 4 is 11.4 Å². The predicted molar refractivity (Wildman–Crippen MR) is 72.9 cm³/mol. The number of rotatable bonds is 4. The first-order chi connectivity index (χ1) is 7.41. The quantitative estimate of drug-likeness (QED) is 0.787. The minimum absolute atomic E-state index is 0.478. The maximum absolute atomic E-state index is 6.06. The molecule has 1 aromatic carbocycles. The Morgan fingerprint density at radius 3 is 2.31 bits per heavy atom.